The van der Waals surface area contributed by atoms with Gasteiger partial charge in [-0.2, -0.15) is 0 Å². The Labute approximate surface area is 140 Å². The Bertz CT molecular complexity index is 889. The summed E-state index contributed by atoms with van der Waals surface area (Å²) in [5, 5.41) is 10.4. The lowest BCUT2D eigenvalue weighted by atomic mass is 10.1. The van der Waals surface area contributed by atoms with Crippen molar-refractivity contribution in [2.45, 2.75) is 0 Å². The summed E-state index contributed by atoms with van der Waals surface area (Å²) in [7, 11) is 0. The quantitative estimate of drug-likeness (QED) is 0.539. The second kappa shape index (κ2) is 6.54. The van der Waals surface area contributed by atoms with Crippen LogP contribution in [0.5, 0.6) is 0 Å². The molecule has 1 heterocycles. The van der Waals surface area contributed by atoms with E-state index in [0.717, 1.165) is 35.5 Å². The van der Waals surface area contributed by atoms with E-state index >= 15 is 0 Å². The molecule has 0 bridgehead atoms. The first kappa shape index (κ1) is 14.5. The Morgan fingerprint density at radius 3 is 2.38 bits per heavy atom. The van der Waals surface area contributed by atoms with Gasteiger partial charge in [0.05, 0.1) is 5.52 Å². The molecule has 24 heavy (non-hydrogen) atoms. The first-order valence-electron chi connectivity index (χ1n) is 8.07. The molecule has 4 rings (SSSR count). The fourth-order valence-corrected chi connectivity index (χ4v) is 2.90. The largest absolute Gasteiger partial charge is 0.383 e. The fraction of sp³-hybridized carbons (Fsp3) is 0.100. The highest BCUT2D eigenvalue weighted by atomic mass is 15.0. The minimum Gasteiger partial charge on any atom is -0.383 e. The van der Waals surface area contributed by atoms with Crippen LogP contribution in [0.1, 0.15) is 0 Å². The second-order valence-corrected chi connectivity index (χ2v) is 5.62. The van der Waals surface area contributed by atoms with E-state index < -0.39 is 0 Å². The average Bonchev–Trinajstić information content (AvgIpc) is 2.65. The molecule has 0 spiro atoms. The van der Waals surface area contributed by atoms with E-state index in [1.54, 1.807) is 6.33 Å². The van der Waals surface area contributed by atoms with E-state index in [-0.39, 0.29) is 0 Å². The van der Waals surface area contributed by atoms with Crippen molar-refractivity contribution in [1.29, 1.82) is 0 Å². The first-order chi connectivity index (χ1) is 11.9. The third kappa shape index (κ3) is 2.86. The van der Waals surface area contributed by atoms with Gasteiger partial charge >= 0.3 is 0 Å². The number of hydrogen-bond donors (Lipinski definition) is 2. The molecule has 0 aliphatic carbocycles. The highest BCUT2D eigenvalue weighted by Gasteiger charge is 2.02. The number of nitrogens with one attached hydrogen (secondary N) is 2. The van der Waals surface area contributed by atoms with Gasteiger partial charge in [-0.3, -0.25) is 0 Å². The molecular weight excluding hydrogens is 296 g/mol. The Hall–Kier alpha value is -3.14. The van der Waals surface area contributed by atoms with Crippen molar-refractivity contribution in [3.05, 3.63) is 73.1 Å². The lowest BCUT2D eigenvalue weighted by Gasteiger charge is -2.11. The van der Waals surface area contributed by atoms with Crippen LogP contribution in [0.3, 0.4) is 0 Å². The Morgan fingerprint density at radius 1 is 0.667 bits per heavy atom. The van der Waals surface area contributed by atoms with Crippen molar-refractivity contribution in [2.75, 3.05) is 23.7 Å². The summed E-state index contributed by atoms with van der Waals surface area (Å²) in [6.45, 7) is 1.59. The maximum absolute atomic E-state index is 4.35. The van der Waals surface area contributed by atoms with Crippen LogP contribution in [0.25, 0.3) is 21.7 Å². The van der Waals surface area contributed by atoms with Crippen LogP contribution in [0, 0.1) is 0 Å². The summed E-state index contributed by atoms with van der Waals surface area (Å²) in [6.07, 6.45) is 1.60. The minimum atomic E-state index is 0.782. The van der Waals surface area contributed by atoms with Gasteiger partial charge in [0.15, 0.2) is 0 Å². The molecule has 2 N–H and O–H groups in total. The molecule has 0 unspecified atom stereocenters. The van der Waals surface area contributed by atoms with Crippen LogP contribution in [0.2, 0.25) is 0 Å². The summed E-state index contributed by atoms with van der Waals surface area (Å²) >= 11 is 0. The number of nitrogens with zero attached hydrogens (tertiary/aromatic N) is 2. The Balaban J connectivity index is 1.44. The van der Waals surface area contributed by atoms with E-state index in [0.29, 0.717) is 0 Å². The average molecular weight is 314 g/mol. The van der Waals surface area contributed by atoms with Gasteiger partial charge < -0.3 is 10.6 Å². The summed E-state index contributed by atoms with van der Waals surface area (Å²) in [6, 6.07) is 22.8. The van der Waals surface area contributed by atoms with Crippen molar-refractivity contribution in [1.82, 2.24) is 9.97 Å². The molecule has 0 radical (unpaired) electrons. The molecule has 0 fully saturated rings. The molecule has 0 saturated heterocycles. The molecule has 1 aromatic heterocycles. The van der Waals surface area contributed by atoms with E-state index in [4.69, 9.17) is 0 Å². The zero-order valence-corrected chi connectivity index (χ0v) is 13.2. The summed E-state index contributed by atoms with van der Waals surface area (Å²) in [4.78, 5) is 8.64. The number of benzene rings is 3. The number of anilines is 2. The number of fused-ring (bicyclic) bond motifs is 2. The highest BCUT2D eigenvalue weighted by molar-refractivity contribution is 5.93. The molecule has 3 aromatic carbocycles. The molecule has 0 atom stereocenters. The first-order valence-corrected chi connectivity index (χ1v) is 8.07. The SMILES string of the molecule is c1ccc2c(NCCNc3ncnc4ccccc34)cccc2c1. The number of para-hydroxylation sites is 1. The van der Waals surface area contributed by atoms with Gasteiger partial charge in [0.1, 0.15) is 12.1 Å². The Morgan fingerprint density at radius 2 is 1.42 bits per heavy atom. The topological polar surface area (TPSA) is 49.8 Å². The minimum absolute atomic E-state index is 0.782. The molecule has 0 amide bonds. The van der Waals surface area contributed by atoms with Crippen molar-refractivity contribution < 1.29 is 0 Å². The number of aromatic nitrogens is 2. The maximum atomic E-state index is 4.35. The lowest BCUT2D eigenvalue weighted by Crippen LogP contribution is -2.14. The summed E-state index contributed by atoms with van der Waals surface area (Å²) in [5.41, 5.74) is 2.11. The molecule has 118 valence electrons. The normalized spacial score (nSPS) is 10.8. The van der Waals surface area contributed by atoms with E-state index in [1.807, 2.05) is 24.3 Å². The monoisotopic (exact) mass is 314 g/mol. The predicted molar refractivity (Wildman–Crippen MR) is 100 cm³/mol. The van der Waals surface area contributed by atoms with Gasteiger partial charge in [0, 0.05) is 29.5 Å². The fourth-order valence-electron chi connectivity index (χ4n) is 2.90. The highest BCUT2D eigenvalue weighted by Crippen LogP contribution is 2.23. The summed E-state index contributed by atoms with van der Waals surface area (Å²) < 4.78 is 0. The van der Waals surface area contributed by atoms with Crippen molar-refractivity contribution in [2.24, 2.45) is 0 Å². The molecule has 4 aromatic rings. The van der Waals surface area contributed by atoms with Crippen LogP contribution in [-0.2, 0) is 0 Å². The van der Waals surface area contributed by atoms with Gasteiger partial charge in [-0.05, 0) is 23.6 Å². The zero-order valence-electron chi connectivity index (χ0n) is 13.2. The van der Waals surface area contributed by atoms with Crippen molar-refractivity contribution >= 4 is 33.2 Å². The van der Waals surface area contributed by atoms with E-state index in [2.05, 4.69) is 63.1 Å². The third-order valence-corrected chi connectivity index (χ3v) is 4.07. The third-order valence-electron chi connectivity index (χ3n) is 4.07. The molecule has 0 aliphatic rings. The van der Waals surface area contributed by atoms with Gasteiger partial charge in [-0.1, -0.05) is 48.5 Å². The molecule has 0 saturated carbocycles. The predicted octanol–water partition coefficient (Wildman–Crippen LogP) is 4.31. The number of rotatable bonds is 5. The lowest BCUT2D eigenvalue weighted by molar-refractivity contribution is 1.06. The van der Waals surface area contributed by atoms with Gasteiger partial charge in [0.25, 0.3) is 0 Å². The molecular formula is C20H18N4. The van der Waals surface area contributed by atoms with Crippen LogP contribution in [0.4, 0.5) is 11.5 Å². The van der Waals surface area contributed by atoms with Crippen LogP contribution >= 0.6 is 0 Å². The Kier molecular flexibility index (Phi) is 3.94. The van der Waals surface area contributed by atoms with E-state index in [9.17, 15) is 0 Å². The van der Waals surface area contributed by atoms with Crippen molar-refractivity contribution in [3.63, 3.8) is 0 Å². The smallest absolute Gasteiger partial charge is 0.137 e. The number of hydrogen-bond acceptors (Lipinski definition) is 4. The molecule has 0 aliphatic heterocycles. The summed E-state index contributed by atoms with van der Waals surface area (Å²) in [5.74, 6) is 0.875. The van der Waals surface area contributed by atoms with E-state index in [1.165, 1.54) is 10.8 Å². The zero-order chi connectivity index (χ0) is 16.2. The molecule has 4 heteroatoms. The van der Waals surface area contributed by atoms with Crippen LogP contribution < -0.4 is 10.6 Å². The van der Waals surface area contributed by atoms with Gasteiger partial charge in [-0.25, -0.2) is 9.97 Å². The molecule has 4 nitrogen and oxygen atoms in total. The van der Waals surface area contributed by atoms with Crippen LogP contribution in [-0.4, -0.2) is 23.1 Å². The van der Waals surface area contributed by atoms with Gasteiger partial charge in [-0.15, -0.1) is 0 Å². The van der Waals surface area contributed by atoms with Crippen LogP contribution in [0.15, 0.2) is 73.1 Å². The standard InChI is InChI=1S/C20H18N4/c1-2-8-16-15(6-1)7-5-11-18(16)21-12-13-22-20-17-9-3-4-10-19(17)23-14-24-20/h1-11,14,21H,12-13H2,(H,22,23,24). The second-order valence-electron chi connectivity index (χ2n) is 5.62. The maximum Gasteiger partial charge on any atom is 0.137 e. The van der Waals surface area contributed by atoms with Crippen molar-refractivity contribution in [3.8, 4) is 0 Å². The van der Waals surface area contributed by atoms with Gasteiger partial charge in [0.2, 0.25) is 0 Å².